The van der Waals surface area contributed by atoms with E-state index in [1.54, 1.807) is 0 Å². The van der Waals surface area contributed by atoms with E-state index >= 15 is 0 Å². The first kappa shape index (κ1) is 18.9. The number of likely N-dealkylation sites (N-methyl/N-ethyl adjacent to an activating group) is 2. The lowest BCUT2D eigenvalue weighted by Crippen LogP contribution is -2.44. The van der Waals surface area contributed by atoms with Crippen LogP contribution >= 0.6 is 0 Å². The standard InChI is InChI=1S/C22H32N4/c1-24(2)14-13-23-22(19-7-5-4-6-8-19)20-9-11-21(12-10-20)26-17-15-25(3)16-18-26/h4-12,22-23H,13-18H2,1-3H3. The third-order valence-corrected chi connectivity index (χ3v) is 5.14. The minimum atomic E-state index is 0.234. The minimum Gasteiger partial charge on any atom is -0.369 e. The van der Waals surface area contributed by atoms with Crippen LogP contribution < -0.4 is 10.2 Å². The molecule has 1 aliphatic rings. The summed E-state index contributed by atoms with van der Waals surface area (Å²) in [6.45, 7) is 6.49. The lowest BCUT2D eigenvalue weighted by Gasteiger charge is -2.34. The summed E-state index contributed by atoms with van der Waals surface area (Å²) in [4.78, 5) is 7.09. The first-order valence-electron chi connectivity index (χ1n) is 9.60. The smallest absolute Gasteiger partial charge is 0.0577 e. The van der Waals surface area contributed by atoms with E-state index < -0.39 is 0 Å². The van der Waals surface area contributed by atoms with E-state index in [0.29, 0.717) is 0 Å². The Kier molecular flexibility index (Phi) is 6.67. The van der Waals surface area contributed by atoms with Crippen molar-refractivity contribution in [2.45, 2.75) is 6.04 Å². The zero-order valence-electron chi connectivity index (χ0n) is 16.4. The van der Waals surface area contributed by atoms with Gasteiger partial charge >= 0.3 is 0 Å². The van der Waals surface area contributed by atoms with Gasteiger partial charge in [0.15, 0.2) is 0 Å². The number of nitrogens with one attached hydrogen (secondary N) is 1. The van der Waals surface area contributed by atoms with E-state index in [1.165, 1.54) is 16.8 Å². The fourth-order valence-corrected chi connectivity index (χ4v) is 3.45. The summed E-state index contributed by atoms with van der Waals surface area (Å²) in [5.41, 5.74) is 3.98. The lowest BCUT2D eigenvalue weighted by molar-refractivity contribution is 0.313. The molecule has 3 rings (SSSR count). The highest BCUT2D eigenvalue weighted by Crippen LogP contribution is 2.25. The molecule has 1 aliphatic heterocycles. The summed E-state index contributed by atoms with van der Waals surface area (Å²) in [6.07, 6.45) is 0. The van der Waals surface area contributed by atoms with E-state index in [2.05, 4.69) is 95.8 Å². The summed E-state index contributed by atoms with van der Waals surface area (Å²) < 4.78 is 0. The van der Waals surface area contributed by atoms with Crippen molar-refractivity contribution in [3.63, 3.8) is 0 Å². The van der Waals surface area contributed by atoms with Crippen LogP contribution in [0.1, 0.15) is 17.2 Å². The van der Waals surface area contributed by atoms with Crippen molar-refractivity contribution in [2.75, 3.05) is 65.3 Å². The number of rotatable bonds is 7. The number of anilines is 1. The van der Waals surface area contributed by atoms with E-state index in [9.17, 15) is 0 Å². The van der Waals surface area contributed by atoms with Gasteiger partial charge in [-0.3, -0.25) is 0 Å². The Bertz CT molecular complexity index is 646. The Labute approximate surface area is 158 Å². The van der Waals surface area contributed by atoms with Gasteiger partial charge in [0.1, 0.15) is 0 Å². The molecule has 0 aromatic heterocycles. The van der Waals surface area contributed by atoms with Crippen molar-refractivity contribution in [3.8, 4) is 0 Å². The van der Waals surface area contributed by atoms with Gasteiger partial charge in [0.2, 0.25) is 0 Å². The van der Waals surface area contributed by atoms with E-state index in [4.69, 9.17) is 0 Å². The molecule has 1 fully saturated rings. The van der Waals surface area contributed by atoms with Crippen LogP contribution in [0.25, 0.3) is 0 Å². The van der Waals surface area contributed by atoms with Crippen molar-refractivity contribution in [3.05, 3.63) is 65.7 Å². The van der Waals surface area contributed by atoms with Crippen molar-refractivity contribution in [1.82, 2.24) is 15.1 Å². The molecule has 0 saturated carbocycles. The molecule has 0 amide bonds. The van der Waals surface area contributed by atoms with Gasteiger partial charge in [-0.25, -0.2) is 0 Å². The molecule has 1 heterocycles. The molecule has 4 heteroatoms. The summed E-state index contributed by atoms with van der Waals surface area (Å²) >= 11 is 0. The maximum atomic E-state index is 3.73. The summed E-state index contributed by atoms with van der Waals surface area (Å²) in [6, 6.07) is 20.1. The Morgan fingerprint density at radius 1 is 0.885 bits per heavy atom. The second kappa shape index (κ2) is 9.17. The lowest BCUT2D eigenvalue weighted by atomic mass is 9.98. The molecule has 4 nitrogen and oxygen atoms in total. The highest BCUT2D eigenvalue weighted by molar-refractivity contribution is 5.49. The number of benzene rings is 2. The summed E-state index contributed by atoms with van der Waals surface area (Å²) in [5.74, 6) is 0. The molecule has 1 N–H and O–H groups in total. The van der Waals surface area contributed by atoms with Gasteiger partial charge in [0, 0.05) is 45.0 Å². The van der Waals surface area contributed by atoms with Gasteiger partial charge in [-0.05, 0) is 44.4 Å². The molecular formula is C22H32N4. The molecule has 2 aromatic rings. The predicted molar refractivity (Wildman–Crippen MR) is 111 cm³/mol. The van der Waals surface area contributed by atoms with Crippen molar-refractivity contribution in [1.29, 1.82) is 0 Å². The van der Waals surface area contributed by atoms with Gasteiger partial charge in [-0.1, -0.05) is 42.5 Å². The van der Waals surface area contributed by atoms with E-state index in [0.717, 1.165) is 39.3 Å². The first-order valence-corrected chi connectivity index (χ1v) is 9.60. The first-order chi connectivity index (χ1) is 12.6. The van der Waals surface area contributed by atoms with Crippen LogP contribution in [0.4, 0.5) is 5.69 Å². The fourth-order valence-electron chi connectivity index (χ4n) is 3.45. The molecular weight excluding hydrogens is 320 g/mol. The normalized spacial score (nSPS) is 16.8. The maximum Gasteiger partial charge on any atom is 0.0577 e. The zero-order chi connectivity index (χ0) is 18.4. The number of nitrogens with zero attached hydrogens (tertiary/aromatic N) is 3. The van der Waals surface area contributed by atoms with Gasteiger partial charge in [-0.15, -0.1) is 0 Å². The van der Waals surface area contributed by atoms with Gasteiger partial charge in [0.05, 0.1) is 6.04 Å². The zero-order valence-corrected chi connectivity index (χ0v) is 16.4. The Hall–Kier alpha value is -1.88. The van der Waals surface area contributed by atoms with E-state index in [1.807, 2.05) is 0 Å². The molecule has 0 aliphatic carbocycles. The minimum absolute atomic E-state index is 0.234. The van der Waals surface area contributed by atoms with E-state index in [-0.39, 0.29) is 6.04 Å². The van der Waals surface area contributed by atoms with Crippen LogP contribution in [0.3, 0.4) is 0 Å². The van der Waals surface area contributed by atoms with Crippen LogP contribution in [0.2, 0.25) is 0 Å². The number of hydrogen-bond acceptors (Lipinski definition) is 4. The highest BCUT2D eigenvalue weighted by atomic mass is 15.2. The molecule has 0 radical (unpaired) electrons. The van der Waals surface area contributed by atoms with Crippen LogP contribution in [0.15, 0.2) is 54.6 Å². The highest BCUT2D eigenvalue weighted by Gasteiger charge is 2.16. The van der Waals surface area contributed by atoms with Crippen LogP contribution in [-0.2, 0) is 0 Å². The average Bonchev–Trinajstić information content (AvgIpc) is 2.67. The molecule has 140 valence electrons. The second-order valence-electron chi connectivity index (χ2n) is 7.48. The molecule has 1 saturated heterocycles. The Balaban J connectivity index is 1.73. The topological polar surface area (TPSA) is 21.8 Å². The van der Waals surface area contributed by atoms with Crippen LogP contribution in [0, 0.1) is 0 Å². The maximum absolute atomic E-state index is 3.73. The SMILES string of the molecule is CN(C)CCNC(c1ccccc1)c1ccc(N2CCN(C)CC2)cc1. The van der Waals surface area contributed by atoms with Crippen LogP contribution in [-0.4, -0.2) is 70.2 Å². The molecule has 1 unspecified atom stereocenters. The number of hydrogen-bond donors (Lipinski definition) is 1. The average molecular weight is 353 g/mol. The Morgan fingerprint density at radius 2 is 1.50 bits per heavy atom. The largest absolute Gasteiger partial charge is 0.369 e. The monoisotopic (exact) mass is 352 g/mol. The third-order valence-electron chi connectivity index (χ3n) is 5.14. The molecule has 0 bridgehead atoms. The second-order valence-corrected chi connectivity index (χ2v) is 7.48. The molecule has 26 heavy (non-hydrogen) atoms. The predicted octanol–water partition coefficient (Wildman–Crippen LogP) is 2.68. The summed E-state index contributed by atoms with van der Waals surface area (Å²) in [5, 5.41) is 3.73. The molecule has 1 atom stereocenters. The van der Waals surface area contributed by atoms with Crippen LogP contribution in [0.5, 0.6) is 0 Å². The van der Waals surface area contributed by atoms with Crippen molar-refractivity contribution >= 4 is 5.69 Å². The quantitative estimate of drug-likeness (QED) is 0.827. The van der Waals surface area contributed by atoms with Crippen molar-refractivity contribution < 1.29 is 0 Å². The summed E-state index contributed by atoms with van der Waals surface area (Å²) in [7, 11) is 6.43. The van der Waals surface area contributed by atoms with Gasteiger partial charge < -0.3 is 20.0 Å². The third kappa shape index (κ3) is 5.07. The van der Waals surface area contributed by atoms with Gasteiger partial charge in [0.25, 0.3) is 0 Å². The Morgan fingerprint density at radius 3 is 2.12 bits per heavy atom. The fraction of sp³-hybridized carbons (Fsp3) is 0.455. The molecule has 2 aromatic carbocycles. The van der Waals surface area contributed by atoms with Gasteiger partial charge in [-0.2, -0.15) is 0 Å². The number of piperazine rings is 1. The van der Waals surface area contributed by atoms with Crippen molar-refractivity contribution in [2.24, 2.45) is 0 Å². The molecule has 0 spiro atoms.